The van der Waals surface area contributed by atoms with E-state index in [0.29, 0.717) is 0 Å². The van der Waals surface area contributed by atoms with Gasteiger partial charge in [0.2, 0.25) is 0 Å². The van der Waals surface area contributed by atoms with Gasteiger partial charge in [-0.2, -0.15) is 0 Å². The summed E-state index contributed by atoms with van der Waals surface area (Å²) < 4.78 is 4.70. The lowest BCUT2D eigenvalue weighted by atomic mass is 10.4. The van der Waals surface area contributed by atoms with Crippen LogP contribution in [0.1, 0.15) is 0 Å². The van der Waals surface area contributed by atoms with Crippen molar-refractivity contribution < 1.29 is 29.7 Å². The lowest BCUT2D eigenvalue weighted by Crippen LogP contribution is -2.29. The Morgan fingerprint density at radius 2 is 1.87 bits per heavy atom. The predicted octanol–water partition coefficient (Wildman–Crippen LogP) is -1.22. The van der Waals surface area contributed by atoms with Gasteiger partial charge in [-0.05, 0) is 0 Å². The Labute approximate surface area is 83.5 Å². The molecule has 0 aromatic rings. The second-order valence-corrected chi connectivity index (χ2v) is 2.27. The Hall–Kier alpha value is -1.68. The second-order valence-electron chi connectivity index (χ2n) is 2.27. The molecule has 0 aromatic heterocycles. The predicted molar refractivity (Wildman–Crippen MR) is 42.7 cm³/mol. The van der Waals surface area contributed by atoms with Crippen molar-refractivity contribution in [2.75, 3.05) is 26.4 Å². The highest BCUT2D eigenvalue weighted by Gasteiger charge is 2.15. The zero-order chi connectivity index (χ0) is 11.7. The second kappa shape index (κ2) is 7.70. The summed E-state index contributed by atoms with van der Waals surface area (Å²) >= 11 is 0. The summed E-state index contributed by atoms with van der Waals surface area (Å²) in [5.41, 5.74) is 0. The van der Waals surface area contributed by atoms with Gasteiger partial charge in [-0.1, -0.05) is 0 Å². The van der Waals surface area contributed by atoms with Crippen LogP contribution in [-0.2, 0) is 14.4 Å². The largest absolute Gasteiger partial charge is 0.394 e. The minimum absolute atomic E-state index is 0.0456. The zero-order valence-corrected chi connectivity index (χ0v) is 7.61. The van der Waals surface area contributed by atoms with E-state index in [9.17, 15) is 20.2 Å². The van der Waals surface area contributed by atoms with E-state index in [4.69, 9.17) is 9.84 Å². The first kappa shape index (κ1) is 13.3. The molecular weight excluding hydrogens is 216 g/mol. The smallest absolute Gasteiger partial charge is 0.294 e. The van der Waals surface area contributed by atoms with E-state index in [-0.39, 0.29) is 19.8 Å². The van der Waals surface area contributed by atoms with Crippen molar-refractivity contribution in [3.05, 3.63) is 20.2 Å². The number of hydrogen-bond donors (Lipinski definition) is 1. The van der Waals surface area contributed by atoms with Gasteiger partial charge in [0.25, 0.3) is 10.2 Å². The van der Waals surface area contributed by atoms with Crippen LogP contribution in [0.25, 0.3) is 0 Å². The Morgan fingerprint density at radius 3 is 2.33 bits per heavy atom. The molecule has 15 heavy (non-hydrogen) atoms. The summed E-state index contributed by atoms with van der Waals surface area (Å²) in [6.45, 7) is -1.20. The average Bonchev–Trinajstić information content (AvgIpc) is 2.13. The summed E-state index contributed by atoms with van der Waals surface area (Å²) in [6, 6.07) is 0. The molecule has 0 bridgehead atoms. The first-order valence-electron chi connectivity index (χ1n) is 3.83. The van der Waals surface area contributed by atoms with Gasteiger partial charge in [0.1, 0.15) is 6.61 Å². The van der Waals surface area contributed by atoms with Gasteiger partial charge < -0.3 is 19.5 Å². The third kappa shape index (κ3) is 8.64. The van der Waals surface area contributed by atoms with E-state index in [1.165, 1.54) is 0 Å². The molecule has 88 valence electrons. The first-order valence-corrected chi connectivity index (χ1v) is 3.83. The normalized spacial score (nSPS) is 11.8. The SMILES string of the molecule is O=[N+]([O-])OCC(COCCO)O[N+](=O)[O-]. The van der Waals surface area contributed by atoms with Crippen LogP contribution in [0.15, 0.2) is 0 Å². The molecule has 0 saturated heterocycles. The summed E-state index contributed by atoms with van der Waals surface area (Å²) in [5.74, 6) is 0. The molecule has 0 radical (unpaired) electrons. The van der Waals surface area contributed by atoms with Crippen LogP contribution in [0, 0.1) is 20.2 Å². The van der Waals surface area contributed by atoms with Gasteiger partial charge in [-0.15, -0.1) is 20.2 Å². The molecule has 0 aliphatic heterocycles. The van der Waals surface area contributed by atoms with Crippen LogP contribution in [0.4, 0.5) is 0 Å². The molecule has 0 amide bonds. The van der Waals surface area contributed by atoms with Crippen LogP contribution in [0.2, 0.25) is 0 Å². The molecule has 1 N–H and O–H groups in total. The van der Waals surface area contributed by atoms with E-state index in [1.807, 2.05) is 0 Å². The van der Waals surface area contributed by atoms with Crippen molar-refractivity contribution in [3.63, 3.8) is 0 Å². The maximum Gasteiger partial charge on any atom is 0.294 e. The van der Waals surface area contributed by atoms with E-state index >= 15 is 0 Å². The lowest BCUT2D eigenvalue weighted by Gasteiger charge is -2.13. The lowest BCUT2D eigenvalue weighted by molar-refractivity contribution is -0.790. The fourth-order valence-electron chi connectivity index (χ4n) is 0.654. The number of rotatable bonds is 9. The Kier molecular flexibility index (Phi) is 6.84. The van der Waals surface area contributed by atoms with Gasteiger partial charge in [-0.3, -0.25) is 0 Å². The number of nitrogens with zero attached hydrogens (tertiary/aromatic N) is 2. The van der Waals surface area contributed by atoms with Gasteiger partial charge >= 0.3 is 0 Å². The molecular formula is C5H10N2O8. The van der Waals surface area contributed by atoms with Crippen LogP contribution in [0.3, 0.4) is 0 Å². The van der Waals surface area contributed by atoms with E-state index in [2.05, 4.69) is 9.68 Å². The van der Waals surface area contributed by atoms with Crippen molar-refractivity contribution in [1.29, 1.82) is 0 Å². The molecule has 10 nitrogen and oxygen atoms in total. The number of aliphatic hydroxyl groups is 1. The van der Waals surface area contributed by atoms with Crippen molar-refractivity contribution in [2.45, 2.75) is 6.10 Å². The van der Waals surface area contributed by atoms with Crippen LogP contribution in [0.5, 0.6) is 0 Å². The molecule has 1 unspecified atom stereocenters. The van der Waals surface area contributed by atoms with Crippen molar-refractivity contribution in [3.8, 4) is 0 Å². The molecule has 1 atom stereocenters. The van der Waals surface area contributed by atoms with E-state index in [1.54, 1.807) is 0 Å². The van der Waals surface area contributed by atoms with Gasteiger partial charge in [-0.25, -0.2) is 0 Å². The number of hydrogen-bond acceptors (Lipinski definition) is 8. The molecule has 0 heterocycles. The Bertz CT molecular complexity index is 209. The summed E-state index contributed by atoms with van der Waals surface area (Å²) in [7, 11) is 0. The highest BCUT2D eigenvalue weighted by Crippen LogP contribution is 1.95. The van der Waals surface area contributed by atoms with Crippen molar-refractivity contribution in [2.24, 2.45) is 0 Å². The van der Waals surface area contributed by atoms with Crippen LogP contribution in [-0.4, -0.2) is 47.8 Å². The fourth-order valence-corrected chi connectivity index (χ4v) is 0.654. The molecule has 0 rings (SSSR count). The maximum absolute atomic E-state index is 9.94. The number of ether oxygens (including phenoxy) is 1. The monoisotopic (exact) mass is 226 g/mol. The van der Waals surface area contributed by atoms with Gasteiger partial charge in [0.15, 0.2) is 6.10 Å². The van der Waals surface area contributed by atoms with Crippen molar-refractivity contribution >= 4 is 0 Å². The third-order valence-electron chi connectivity index (χ3n) is 1.14. The van der Waals surface area contributed by atoms with Crippen LogP contribution < -0.4 is 0 Å². The minimum Gasteiger partial charge on any atom is -0.394 e. The quantitative estimate of drug-likeness (QED) is 0.293. The highest BCUT2D eigenvalue weighted by atomic mass is 17.0. The van der Waals surface area contributed by atoms with Crippen LogP contribution >= 0.6 is 0 Å². The summed E-state index contributed by atoms with van der Waals surface area (Å²) in [5, 5.41) is 25.9. The average molecular weight is 226 g/mol. The van der Waals surface area contributed by atoms with Gasteiger partial charge in [0, 0.05) is 0 Å². The first-order chi connectivity index (χ1) is 7.06. The molecule has 0 saturated carbocycles. The fraction of sp³-hybridized carbons (Fsp3) is 1.00. The van der Waals surface area contributed by atoms with E-state index < -0.39 is 22.9 Å². The minimum atomic E-state index is -1.20. The Balaban J connectivity index is 3.83. The third-order valence-corrected chi connectivity index (χ3v) is 1.14. The molecule has 0 fully saturated rings. The highest BCUT2D eigenvalue weighted by molar-refractivity contribution is 4.51. The summed E-state index contributed by atoms with van der Waals surface area (Å²) in [6.07, 6.45) is -1.20. The molecule has 0 aromatic carbocycles. The standard InChI is InChI=1S/C5H10N2O8/c8-1-2-13-3-5(15-7(11)12)4-14-6(9)10/h5,8H,1-4H2. The number of aliphatic hydroxyl groups excluding tert-OH is 1. The Morgan fingerprint density at radius 1 is 1.20 bits per heavy atom. The molecule has 0 aliphatic carbocycles. The molecule has 0 spiro atoms. The zero-order valence-electron chi connectivity index (χ0n) is 7.61. The van der Waals surface area contributed by atoms with Gasteiger partial charge in [0.05, 0.1) is 19.8 Å². The molecule has 0 aliphatic rings. The maximum atomic E-state index is 9.94. The molecule has 10 heteroatoms. The summed E-state index contributed by atoms with van der Waals surface area (Å²) in [4.78, 5) is 27.7. The topological polar surface area (TPSA) is 134 Å². The van der Waals surface area contributed by atoms with E-state index in [0.717, 1.165) is 0 Å². The van der Waals surface area contributed by atoms with Crippen molar-refractivity contribution in [1.82, 2.24) is 0 Å².